The predicted octanol–water partition coefficient (Wildman–Crippen LogP) is 12.2. The van der Waals surface area contributed by atoms with Gasteiger partial charge in [0.1, 0.15) is 11.5 Å². The molecule has 0 unspecified atom stereocenters. The molecule has 5 aromatic rings. The van der Waals surface area contributed by atoms with Gasteiger partial charge in [0.25, 0.3) is 0 Å². The Morgan fingerprint density at radius 3 is 1.10 bits per heavy atom. The van der Waals surface area contributed by atoms with Gasteiger partial charge in [0, 0.05) is 32.0 Å². The Kier molecular flexibility index (Phi) is 11.0. The molecule has 0 atom stereocenters. The zero-order chi connectivity index (χ0) is 34.6. The first-order valence-electron chi connectivity index (χ1n) is 17.5. The zero-order valence-corrected chi connectivity index (χ0v) is 31.7. The Morgan fingerprint density at radius 2 is 0.771 bits per heavy atom. The zero-order valence-electron chi connectivity index (χ0n) is 30.1. The number of phenols is 2. The van der Waals surface area contributed by atoms with E-state index in [1.165, 1.54) is 0 Å². The van der Waals surface area contributed by atoms with E-state index in [0.717, 1.165) is 100 Å². The van der Waals surface area contributed by atoms with E-state index in [0.29, 0.717) is 11.5 Å². The number of aromatic nitrogens is 1. The SMILES string of the molecule is CCS(CC)(CC)c1cc(C)cc(-c2ccccc2-c2cccc(-c3ccccc3-c3cc(C)cc(S(CC)(CC)CC)c3O)n2)c1O. The van der Waals surface area contributed by atoms with Crippen LogP contribution < -0.4 is 0 Å². The molecule has 1 aromatic heterocycles. The summed E-state index contributed by atoms with van der Waals surface area (Å²) in [6.07, 6.45) is 0. The highest BCUT2D eigenvalue weighted by Gasteiger charge is 2.28. The molecule has 0 amide bonds. The molecule has 5 rings (SSSR count). The molecule has 0 spiro atoms. The lowest BCUT2D eigenvalue weighted by Crippen LogP contribution is -2.10. The third-order valence-electron chi connectivity index (χ3n) is 10.4. The molecular weight excluding hydrogens is 627 g/mol. The maximum absolute atomic E-state index is 11.9. The van der Waals surface area contributed by atoms with Gasteiger partial charge < -0.3 is 10.2 Å². The molecule has 0 saturated carbocycles. The number of benzene rings is 4. The van der Waals surface area contributed by atoms with Crippen LogP contribution in [0.3, 0.4) is 0 Å². The lowest BCUT2D eigenvalue weighted by atomic mass is 9.93. The van der Waals surface area contributed by atoms with Gasteiger partial charge in [-0.2, -0.15) is 0 Å². The van der Waals surface area contributed by atoms with E-state index in [2.05, 4.69) is 122 Å². The fraction of sp³-hybridized carbons (Fsp3) is 0.326. The van der Waals surface area contributed by atoms with Crippen LogP contribution >= 0.6 is 20.1 Å². The van der Waals surface area contributed by atoms with E-state index in [-0.39, 0.29) is 0 Å². The number of phenolic OH excluding ortho intramolecular Hbond substituents is 2. The maximum atomic E-state index is 11.9. The average Bonchev–Trinajstić information content (AvgIpc) is 3.12. The molecule has 2 N–H and O–H groups in total. The van der Waals surface area contributed by atoms with Crippen LogP contribution in [0.15, 0.2) is 101 Å². The maximum Gasteiger partial charge on any atom is 0.135 e. The molecule has 0 aliphatic heterocycles. The molecule has 0 fully saturated rings. The molecule has 4 aromatic carbocycles. The van der Waals surface area contributed by atoms with Gasteiger partial charge in [-0.25, -0.2) is 25.0 Å². The summed E-state index contributed by atoms with van der Waals surface area (Å²) in [6.45, 7) is 17.8. The minimum absolute atomic E-state index is 0.408. The van der Waals surface area contributed by atoms with E-state index in [1.54, 1.807) is 0 Å². The summed E-state index contributed by atoms with van der Waals surface area (Å²) in [5, 5.41) is 23.8. The largest absolute Gasteiger partial charge is 0.506 e. The highest BCUT2D eigenvalue weighted by Crippen LogP contribution is 2.61. The van der Waals surface area contributed by atoms with Crippen LogP contribution in [0.5, 0.6) is 11.5 Å². The normalized spacial score (nSPS) is 12.7. The van der Waals surface area contributed by atoms with Crippen molar-refractivity contribution >= 4 is 20.1 Å². The summed E-state index contributed by atoms with van der Waals surface area (Å²) >= 11 is 0. The minimum atomic E-state index is -1.13. The van der Waals surface area contributed by atoms with Crippen molar-refractivity contribution in [1.29, 1.82) is 0 Å². The number of rotatable bonds is 12. The Balaban J connectivity index is 1.67. The van der Waals surface area contributed by atoms with Gasteiger partial charge in [-0.3, -0.25) is 0 Å². The third kappa shape index (κ3) is 6.40. The smallest absolute Gasteiger partial charge is 0.135 e. The number of aromatic hydroxyl groups is 2. The summed E-state index contributed by atoms with van der Waals surface area (Å²) in [5.74, 6) is 7.13. The lowest BCUT2D eigenvalue weighted by molar-refractivity contribution is 0.463. The molecule has 48 heavy (non-hydrogen) atoms. The van der Waals surface area contributed by atoms with E-state index in [1.807, 2.05) is 24.3 Å². The number of pyridine rings is 1. The van der Waals surface area contributed by atoms with Crippen molar-refractivity contribution < 1.29 is 10.2 Å². The second kappa shape index (κ2) is 14.8. The molecular formula is C43H53NO2S2. The van der Waals surface area contributed by atoms with Crippen molar-refractivity contribution in [2.24, 2.45) is 0 Å². The third-order valence-corrected chi connectivity index (χ3v) is 19.5. The van der Waals surface area contributed by atoms with Crippen LogP contribution in [-0.4, -0.2) is 49.7 Å². The number of aryl methyl sites for hydroxylation is 2. The van der Waals surface area contributed by atoms with E-state index in [9.17, 15) is 10.2 Å². The Hall–Kier alpha value is -3.67. The van der Waals surface area contributed by atoms with Crippen LogP contribution in [0.1, 0.15) is 52.7 Å². The first-order chi connectivity index (χ1) is 23.1. The summed E-state index contributed by atoms with van der Waals surface area (Å²) in [4.78, 5) is 7.51. The molecule has 1 heterocycles. The summed E-state index contributed by atoms with van der Waals surface area (Å²) in [5.41, 5.74) is 9.68. The summed E-state index contributed by atoms with van der Waals surface area (Å²) < 4.78 is 0. The molecule has 0 radical (unpaired) electrons. The first-order valence-corrected chi connectivity index (χ1v) is 21.8. The van der Waals surface area contributed by atoms with Gasteiger partial charge in [-0.15, -0.1) is 0 Å². The second-order valence-electron chi connectivity index (χ2n) is 12.6. The van der Waals surface area contributed by atoms with Gasteiger partial charge in [-0.1, -0.05) is 96.1 Å². The van der Waals surface area contributed by atoms with Gasteiger partial charge in [0.05, 0.1) is 11.4 Å². The van der Waals surface area contributed by atoms with E-state index in [4.69, 9.17) is 4.98 Å². The molecule has 0 saturated heterocycles. The van der Waals surface area contributed by atoms with Gasteiger partial charge >= 0.3 is 0 Å². The standard InChI is InChI=1S/C43H53NO2S2/c1-9-47(10-2,11-3)40-28-30(7)26-36(42(40)45)32-20-15-17-22-34(32)38-24-19-25-39(44-38)35-23-18-16-21-33(35)37-27-31(8)29-41(43(37)46)48(12-4,13-5)14-6/h15-29,45-46H,9-14H2,1-8H3. The fourth-order valence-electron chi connectivity index (χ4n) is 7.34. The number of nitrogens with zero attached hydrogens (tertiary/aromatic N) is 1. The van der Waals surface area contributed by atoms with Crippen LogP contribution in [-0.2, 0) is 0 Å². The van der Waals surface area contributed by atoms with E-state index >= 15 is 0 Å². The van der Waals surface area contributed by atoms with Crippen molar-refractivity contribution in [3.8, 4) is 56.3 Å². The predicted molar refractivity (Wildman–Crippen MR) is 214 cm³/mol. The highest BCUT2D eigenvalue weighted by atomic mass is 32.3. The quantitative estimate of drug-likeness (QED) is 0.138. The van der Waals surface area contributed by atoms with Crippen LogP contribution in [0.4, 0.5) is 0 Å². The fourth-order valence-corrected chi connectivity index (χ4v) is 13.6. The Morgan fingerprint density at radius 1 is 0.438 bits per heavy atom. The van der Waals surface area contributed by atoms with Crippen LogP contribution in [0.2, 0.25) is 0 Å². The Bertz CT molecular complexity index is 1760. The second-order valence-corrected chi connectivity index (χ2v) is 21.2. The highest BCUT2D eigenvalue weighted by molar-refractivity contribution is 8.34. The number of hydrogen-bond donors (Lipinski definition) is 2. The molecule has 0 aliphatic carbocycles. The first kappa shape index (κ1) is 35.6. The summed E-state index contributed by atoms with van der Waals surface area (Å²) in [7, 11) is -2.27. The monoisotopic (exact) mass is 679 g/mol. The Labute approximate surface area is 292 Å². The molecule has 5 heteroatoms. The van der Waals surface area contributed by atoms with Crippen molar-refractivity contribution in [3.05, 3.63) is 102 Å². The molecule has 3 nitrogen and oxygen atoms in total. The number of hydrogen-bond acceptors (Lipinski definition) is 3. The van der Waals surface area contributed by atoms with Gasteiger partial charge in [-0.05, 0) is 107 Å². The van der Waals surface area contributed by atoms with E-state index < -0.39 is 20.1 Å². The molecule has 254 valence electrons. The van der Waals surface area contributed by atoms with Crippen LogP contribution in [0, 0.1) is 13.8 Å². The topological polar surface area (TPSA) is 53.4 Å². The van der Waals surface area contributed by atoms with Crippen molar-refractivity contribution in [2.75, 3.05) is 34.5 Å². The minimum Gasteiger partial charge on any atom is -0.506 e. The summed E-state index contributed by atoms with van der Waals surface area (Å²) in [6, 6.07) is 31.4. The lowest BCUT2D eigenvalue weighted by Gasteiger charge is -2.39. The van der Waals surface area contributed by atoms with Crippen molar-refractivity contribution in [2.45, 2.75) is 65.2 Å². The van der Waals surface area contributed by atoms with Gasteiger partial charge in [0.2, 0.25) is 0 Å². The van der Waals surface area contributed by atoms with Gasteiger partial charge in [0.15, 0.2) is 0 Å². The molecule has 0 aliphatic rings. The van der Waals surface area contributed by atoms with Crippen molar-refractivity contribution in [1.82, 2.24) is 4.98 Å². The van der Waals surface area contributed by atoms with Crippen molar-refractivity contribution in [3.63, 3.8) is 0 Å². The van der Waals surface area contributed by atoms with Crippen LogP contribution in [0.25, 0.3) is 44.8 Å². The average molecular weight is 680 g/mol. The molecule has 0 bridgehead atoms.